The number of para-hydroxylation sites is 1. The van der Waals surface area contributed by atoms with Gasteiger partial charge in [-0.05, 0) is 30.3 Å². The lowest BCUT2D eigenvalue weighted by Crippen LogP contribution is -2.08. The van der Waals surface area contributed by atoms with Crippen molar-refractivity contribution in [1.29, 1.82) is 0 Å². The van der Waals surface area contributed by atoms with Crippen LogP contribution < -0.4 is 4.74 Å². The molecule has 0 atom stereocenters. The van der Waals surface area contributed by atoms with E-state index < -0.39 is 5.97 Å². The fraction of sp³-hybridized carbons (Fsp3) is 0. The van der Waals surface area contributed by atoms with E-state index in [1.165, 1.54) is 6.07 Å². The van der Waals surface area contributed by atoms with Crippen LogP contribution in [-0.4, -0.2) is 11.1 Å². The van der Waals surface area contributed by atoms with Gasteiger partial charge >= 0.3 is 5.97 Å². The number of carbonyl (C=O) groups excluding carboxylic acids is 1. The van der Waals surface area contributed by atoms with E-state index in [-0.39, 0.29) is 11.3 Å². The van der Waals surface area contributed by atoms with Crippen LogP contribution in [0, 0.1) is 0 Å². The molecule has 28 heavy (non-hydrogen) atoms. The molecule has 0 aliphatic carbocycles. The minimum absolute atomic E-state index is 0.0320. The molecule has 0 spiro atoms. The van der Waals surface area contributed by atoms with Gasteiger partial charge in [0, 0.05) is 10.8 Å². The molecule has 0 aliphatic rings. The molecule has 136 valence electrons. The lowest BCUT2D eigenvalue weighted by Gasteiger charge is -2.10. The van der Waals surface area contributed by atoms with Crippen LogP contribution in [0.2, 0.25) is 0 Å². The number of fused-ring (bicyclic) bond motifs is 1. The zero-order valence-corrected chi connectivity index (χ0v) is 14.8. The number of phenolic OH excluding ortho intramolecular Hbond substituents is 1. The van der Waals surface area contributed by atoms with Crippen LogP contribution in [-0.2, 0) is 0 Å². The molecule has 1 N–H and O–H groups in total. The fourth-order valence-corrected chi connectivity index (χ4v) is 2.84. The van der Waals surface area contributed by atoms with Gasteiger partial charge in [0.25, 0.3) is 0 Å². The predicted molar refractivity (Wildman–Crippen MR) is 108 cm³/mol. The third-order valence-electron chi connectivity index (χ3n) is 4.20. The van der Waals surface area contributed by atoms with E-state index in [1.54, 1.807) is 36.4 Å². The van der Waals surface area contributed by atoms with Crippen LogP contribution in [0.25, 0.3) is 10.8 Å². The van der Waals surface area contributed by atoms with Crippen molar-refractivity contribution in [2.24, 2.45) is 10.2 Å². The van der Waals surface area contributed by atoms with Crippen molar-refractivity contribution in [2.75, 3.05) is 0 Å². The van der Waals surface area contributed by atoms with E-state index in [0.717, 1.165) is 0 Å². The molecule has 5 nitrogen and oxygen atoms in total. The Morgan fingerprint density at radius 1 is 0.750 bits per heavy atom. The number of carbonyl (C=O) groups is 1. The number of esters is 1. The maximum absolute atomic E-state index is 12.7. The van der Waals surface area contributed by atoms with Crippen LogP contribution in [0.3, 0.4) is 0 Å². The second-order valence-corrected chi connectivity index (χ2v) is 6.08. The number of benzene rings is 4. The number of nitrogens with zero attached hydrogens (tertiary/aromatic N) is 2. The molecule has 0 saturated carbocycles. The fourth-order valence-electron chi connectivity index (χ4n) is 2.84. The SMILES string of the molecule is O=C(Oc1ccccc1)c1cc(N=Nc2ccccc2)c2ccccc2c1O. The summed E-state index contributed by atoms with van der Waals surface area (Å²) >= 11 is 0. The molecule has 0 unspecified atom stereocenters. The summed E-state index contributed by atoms with van der Waals surface area (Å²) in [6, 6.07) is 26.7. The summed E-state index contributed by atoms with van der Waals surface area (Å²) in [5, 5.41) is 20.4. The van der Waals surface area contributed by atoms with Crippen LogP contribution in [0.15, 0.2) is 101 Å². The zero-order chi connectivity index (χ0) is 19.3. The third kappa shape index (κ3) is 3.59. The molecule has 4 aromatic carbocycles. The average molecular weight is 368 g/mol. The highest BCUT2D eigenvalue weighted by molar-refractivity contribution is 6.06. The molecule has 0 heterocycles. The number of aromatic hydroxyl groups is 1. The van der Waals surface area contributed by atoms with Crippen LogP contribution in [0.5, 0.6) is 11.5 Å². The van der Waals surface area contributed by atoms with E-state index >= 15 is 0 Å². The lowest BCUT2D eigenvalue weighted by molar-refractivity contribution is 0.0732. The first-order valence-corrected chi connectivity index (χ1v) is 8.71. The Labute approximate surface area is 161 Å². The number of hydrogen-bond acceptors (Lipinski definition) is 5. The van der Waals surface area contributed by atoms with Crippen molar-refractivity contribution in [3.8, 4) is 11.5 Å². The van der Waals surface area contributed by atoms with Crippen molar-refractivity contribution in [2.45, 2.75) is 0 Å². The van der Waals surface area contributed by atoms with Gasteiger partial charge in [-0.1, -0.05) is 60.7 Å². The molecule has 0 radical (unpaired) electrons. The Hall–Kier alpha value is -3.99. The highest BCUT2D eigenvalue weighted by Crippen LogP contribution is 2.37. The maximum atomic E-state index is 12.7. The predicted octanol–water partition coefficient (Wildman–Crippen LogP) is 6.18. The van der Waals surface area contributed by atoms with Crippen molar-refractivity contribution in [1.82, 2.24) is 0 Å². The van der Waals surface area contributed by atoms with E-state index in [0.29, 0.717) is 27.9 Å². The summed E-state index contributed by atoms with van der Waals surface area (Å²) in [5.74, 6) is -0.409. The minimum atomic E-state index is -0.661. The second-order valence-electron chi connectivity index (χ2n) is 6.08. The molecule has 0 bridgehead atoms. The molecule has 5 heteroatoms. The molecule has 0 aliphatic heterocycles. The van der Waals surface area contributed by atoms with E-state index in [9.17, 15) is 9.90 Å². The van der Waals surface area contributed by atoms with Gasteiger partial charge < -0.3 is 9.84 Å². The Kier molecular flexibility index (Phi) is 4.80. The molecule has 0 amide bonds. The highest BCUT2D eigenvalue weighted by Gasteiger charge is 2.19. The largest absolute Gasteiger partial charge is 0.506 e. The highest BCUT2D eigenvalue weighted by atomic mass is 16.5. The number of phenols is 1. The van der Waals surface area contributed by atoms with E-state index in [4.69, 9.17) is 4.74 Å². The summed E-state index contributed by atoms with van der Waals surface area (Å²) in [4.78, 5) is 12.7. The van der Waals surface area contributed by atoms with Gasteiger partial charge in [-0.25, -0.2) is 4.79 Å². The molecule has 0 fully saturated rings. The van der Waals surface area contributed by atoms with Crippen LogP contribution in [0.4, 0.5) is 11.4 Å². The monoisotopic (exact) mass is 368 g/mol. The Balaban J connectivity index is 1.78. The average Bonchev–Trinajstić information content (AvgIpc) is 2.75. The number of azo groups is 1. The number of ether oxygens (including phenoxy) is 1. The molecular formula is C23H16N2O3. The number of hydrogen-bond donors (Lipinski definition) is 1. The van der Waals surface area contributed by atoms with Crippen molar-refractivity contribution in [3.63, 3.8) is 0 Å². The minimum Gasteiger partial charge on any atom is -0.506 e. The summed E-state index contributed by atoms with van der Waals surface area (Å²) < 4.78 is 5.38. The first-order chi connectivity index (χ1) is 13.7. The lowest BCUT2D eigenvalue weighted by atomic mass is 10.0. The van der Waals surface area contributed by atoms with Gasteiger partial charge in [0.2, 0.25) is 0 Å². The first-order valence-electron chi connectivity index (χ1n) is 8.71. The van der Waals surface area contributed by atoms with E-state index in [1.807, 2.05) is 48.5 Å². The molecule has 0 saturated heterocycles. The standard InChI is InChI=1S/C23H16N2O3/c26-22-19-14-8-7-13-18(19)21(25-24-16-9-3-1-4-10-16)15-20(22)23(27)28-17-11-5-2-6-12-17/h1-15,26H. The van der Waals surface area contributed by atoms with Crippen molar-refractivity contribution < 1.29 is 14.6 Å². The molecular weight excluding hydrogens is 352 g/mol. The summed E-state index contributed by atoms with van der Waals surface area (Å²) in [6.07, 6.45) is 0. The molecule has 4 aromatic rings. The zero-order valence-electron chi connectivity index (χ0n) is 14.8. The van der Waals surface area contributed by atoms with Gasteiger partial charge in [0.05, 0.1) is 11.4 Å². The van der Waals surface area contributed by atoms with Gasteiger partial charge in [0.1, 0.15) is 17.1 Å². The van der Waals surface area contributed by atoms with Crippen LogP contribution >= 0.6 is 0 Å². The number of rotatable bonds is 4. The van der Waals surface area contributed by atoms with Gasteiger partial charge in [-0.2, -0.15) is 5.11 Å². The van der Waals surface area contributed by atoms with Crippen molar-refractivity contribution in [3.05, 3.63) is 96.6 Å². The first kappa shape index (κ1) is 17.4. The molecule has 4 rings (SSSR count). The second kappa shape index (κ2) is 7.72. The van der Waals surface area contributed by atoms with Gasteiger partial charge in [0.15, 0.2) is 0 Å². The van der Waals surface area contributed by atoms with Crippen molar-refractivity contribution >= 4 is 28.1 Å². The van der Waals surface area contributed by atoms with Crippen LogP contribution in [0.1, 0.15) is 10.4 Å². The Bertz CT molecular complexity index is 1160. The maximum Gasteiger partial charge on any atom is 0.347 e. The summed E-state index contributed by atoms with van der Waals surface area (Å²) in [7, 11) is 0. The third-order valence-corrected chi connectivity index (χ3v) is 4.20. The smallest absolute Gasteiger partial charge is 0.347 e. The topological polar surface area (TPSA) is 71.2 Å². The summed E-state index contributed by atoms with van der Waals surface area (Å²) in [6.45, 7) is 0. The molecule has 0 aromatic heterocycles. The quantitative estimate of drug-likeness (QED) is 0.266. The summed E-state index contributed by atoms with van der Waals surface area (Å²) in [5.41, 5.74) is 1.19. The van der Waals surface area contributed by atoms with Gasteiger partial charge in [-0.15, -0.1) is 5.11 Å². The van der Waals surface area contributed by atoms with E-state index in [2.05, 4.69) is 10.2 Å². The Morgan fingerprint density at radius 2 is 1.36 bits per heavy atom. The van der Waals surface area contributed by atoms with Gasteiger partial charge in [-0.3, -0.25) is 0 Å². The Morgan fingerprint density at radius 3 is 2.07 bits per heavy atom. The normalized spacial score (nSPS) is 11.0.